The van der Waals surface area contributed by atoms with Crippen LogP contribution in [0.25, 0.3) is 22.4 Å². The number of ether oxygens (including phenoxy) is 1. The van der Waals surface area contributed by atoms with Gasteiger partial charge in [0.15, 0.2) is 17.3 Å². The lowest BCUT2D eigenvalue weighted by atomic mass is 10.2. The topological polar surface area (TPSA) is 112 Å². The minimum absolute atomic E-state index is 0.0916. The Labute approximate surface area is 178 Å². The van der Waals surface area contributed by atoms with Crippen LogP contribution in [0.5, 0.6) is 5.88 Å². The zero-order valence-corrected chi connectivity index (χ0v) is 17.4. The molecule has 0 amide bonds. The predicted octanol–water partition coefficient (Wildman–Crippen LogP) is 2.31. The highest BCUT2D eigenvalue weighted by Gasteiger charge is 2.25. The lowest BCUT2D eigenvalue weighted by Crippen LogP contribution is -2.37. The van der Waals surface area contributed by atoms with Crippen molar-refractivity contribution in [3.8, 4) is 17.3 Å². The first-order valence-corrected chi connectivity index (χ1v) is 10.4. The lowest BCUT2D eigenvalue weighted by Gasteiger charge is -2.31. The van der Waals surface area contributed by atoms with E-state index in [0.29, 0.717) is 30.1 Å². The first-order valence-electron chi connectivity index (χ1n) is 10.4. The second kappa shape index (κ2) is 6.89. The molecule has 1 saturated heterocycles. The molecule has 11 nitrogen and oxygen atoms in total. The van der Waals surface area contributed by atoms with Gasteiger partial charge >= 0.3 is 0 Å². The summed E-state index contributed by atoms with van der Waals surface area (Å²) in [6.07, 6.45) is 7.20. The van der Waals surface area contributed by atoms with E-state index in [-0.39, 0.29) is 6.04 Å². The first kappa shape index (κ1) is 18.0. The molecule has 4 bridgehead atoms. The van der Waals surface area contributed by atoms with Gasteiger partial charge in [-0.1, -0.05) is 0 Å². The molecule has 2 aliphatic heterocycles. The van der Waals surface area contributed by atoms with E-state index in [1.807, 2.05) is 17.9 Å². The SMILES string of the molecule is CC1CCOc2c(cnn2C)-c2nccc(n2)Nc2ncc3c(N4CCC4)nn1c3n2. The molecule has 2 aliphatic rings. The van der Waals surface area contributed by atoms with Crippen molar-refractivity contribution in [2.24, 2.45) is 7.05 Å². The number of hydrogen-bond acceptors (Lipinski definition) is 9. The van der Waals surface area contributed by atoms with E-state index >= 15 is 0 Å². The maximum atomic E-state index is 6.12. The normalized spacial score (nSPS) is 18.1. The number of fused-ring (bicyclic) bond motifs is 5. The molecule has 0 spiro atoms. The summed E-state index contributed by atoms with van der Waals surface area (Å²) in [7, 11) is 1.85. The summed E-state index contributed by atoms with van der Waals surface area (Å²) in [6, 6.07) is 1.87. The van der Waals surface area contributed by atoms with Crippen LogP contribution in [-0.2, 0) is 7.05 Å². The summed E-state index contributed by atoms with van der Waals surface area (Å²) in [5, 5.41) is 13.4. The Balaban J connectivity index is 1.49. The molecule has 0 aromatic carbocycles. The summed E-state index contributed by atoms with van der Waals surface area (Å²) in [5.74, 6) is 3.19. The number of hydrogen-bond donors (Lipinski definition) is 1. The summed E-state index contributed by atoms with van der Waals surface area (Å²) < 4.78 is 9.81. The molecule has 0 radical (unpaired) electrons. The van der Waals surface area contributed by atoms with Gasteiger partial charge in [0.1, 0.15) is 11.4 Å². The summed E-state index contributed by atoms with van der Waals surface area (Å²) in [5.41, 5.74) is 1.55. The van der Waals surface area contributed by atoms with Crippen molar-refractivity contribution in [3.63, 3.8) is 0 Å². The Morgan fingerprint density at radius 3 is 2.90 bits per heavy atom. The van der Waals surface area contributed by atoms with Crippen LogP contribution >= 0.6 is 0 Å². The third-order valence-electron chi connectivity index (χ3n) is 5.80. The second-order valence-electron chi connectivity index (χ2n) is 7.90. The van der Waals surface area contributed by atoms with Crippen LogP contribution < -0.4 is 15.0 Å². The maximum absolute atomic E-state index is 6.12. The van der Waals surface area contributed by atoms with E-state index in [4.69, 9.17) is 14.8 Å². The van der Waals surface area contributed by atoms with Crippen molar-refractivity contribution in [2.45, 2.75) is 25.8 Å². The van der Waals surface area contributed by atoms with E-state index in [2.05, 4.69) is 37.2 Å². The van der Waals surface area contributed by atoms with Crippen molar-refractivity contribution >= 4 is 28.6 Å². The zero-order valence-electron chi connectivity index (χ0n) is 17.4. The Morgan fingerprint density at radius 2 is 2.06 bits per heavy atom. The molecule has 0 saturated carbocycles. The molecule has 6 rings (SSSR count). The minimum atomic E-state index is 0.0916. The second-order valence-corrected chi connectivity index (χ2v) is 7.90. The van der Waals surface area contributed by atoms with E-state index in [1.54, 1.807) is 23.1 Å². The fourth-order valence-electron chi connectivity index (χ4n) is 3.91. The van der Waals surface area contributed by atoms with Crippen LogP contribution in [0.4, 0.5) is 17.6 Å². The van der Waals surface area contributed by atoms with Gasteiger partial charge in [-0.05, 0) is 19.4 Å². The molecule has 4 aromatic rings. The highest BCUT2D eigenvalue weighted by atomic mass is 16.5. The Hall–Kier alpha value is -3.76. The van der Waals surface area contributed by atoms with Crippen molar-refractivity contribution in [2.75, 3.05) is 29.9 Å². The number of nitrogens with zero attached hydrogens (tertiary/aromatic N) is 9. The van der Waals surface area contributed by atoms with E-state index in [1.165, 1.54) is 6.42 Å². The highest BCUT2D eigenvalue weighted by Crippen LogP contribution is 2.32. The molecule has 4 aromatic heterocycles. The number of aryl methyl sites for hydroxylation is 1. The minimum Gasteiger partial charge on any atom is -0.477 e. The molecule has 1 unspecified atom stereocenters. The number of nitrogens with one attached hydrogen (secondary N) is 1. The Bertz CT molecular complexity index is 1270. The molecule has 1 atom stereocenters. The van der Waals surface area contributed by atoms with Crippen LogP contribution in [0.15, 0.2) is 24.7 Å². The summed E-state index contributed by atoms with van der Waals surface area (Å²) >= 11 is 0. The smallest absolute Gasteiger partial charge is 0.230 e. The molecule has 11 heteroatoms. The van der Waals surface area contributed by atoms with Crippen LogP contribution in [0.1, 0.15) is 25.8 Å². The largest absolute Gasteiger partial charge is 0.477 e. The number of rotatable bonds is 1. The van der Waals surface area contributed by atoms with Gasteiger partial charge in [0.05, 0.1) is 24.2 Å². The third kappa shape index (κ3) is 2.95. The zero-order chi connectivity index (χ0) is 20.9. The number of aromatic nitrogens is 8. The average molecular weight is 418 g/mol. The summed E-state index contributed by atoms with van der Waals surface area (Å²) in [6.45, 7) is 4.66. The van der Waals surface area contributed by atoms with Crippen LogP contribution in [-0.4, -0.2) is 59.2 Å². The van der Waals surface area contributed by atoms with Crippen LogP contribution in [0, 0.1) is 0 Å². The monoisotopic (exact) mass is 418 g/mol. The fourth-order valence-corrected chi connectivity index (χ4v) is 3.91. The van der Waals surface area contributed by atoms with Crippen molar-refractivity contribution in [1.82, 2.24) is 39.5 Å². The molecule has 31 heavy (non-hydrogen) atoms. The van der Waals surface area contributed by atoms with E-state index in [9.17, 15) is 0 Å². The lowest BCUT2D eigenvalue weighted by molar-refractivity contribution is 0.260. The van der Waals surface area contributed by atoms with Crippen molar-refractivity contribution in [3.05, 3.63) is 24.7 Å². The fraction of sp³-hybridized carbons (Fsp3) is 0.400. The van der Waals surface area contributed by atoms with Gasteiger partial charge in [-0.25, -0.2) is 24.3 Å². The molecular weight excluding hydrogens is 396 g/mol. The van der Waals surface area contributed by atoms with Gasteiger partial charge < -0.3 is 15.0 Å². The summed E-state index contributed by atoms with van der Waals surface area (Å²) in [4.78, 5) is 20.6. The third-order valence-corrected chi connectivity index (χ3v) is 5.80. The maximum Gasteiger partial charge on any atom is 0.230 e. The average Bonchev–Trinajstić information content (AvgIpc) is 3.27. The Kier molecular flexibility index (Phi) is 4.01. The predicted molar refractivity (Wildman–Crippen MR) is 114 cm³/mol. The van der Waals surface area contributed by atoms with E-state index < -0.39 is 0 Å². The van der Waals surface area contributed by atoms with Gasteiger partial charge in [-0.15, -0.1) is 0 Å². The molecule has 1 fully saturated rings. The quantitative estimate of drug-likeness (QED) is 0.498. The van der Waals surface area contributed by atoms with Gasteiger partial charge in [0.25, 0.3) is 0 Å². The van der Waals surface area contributed by atoms with Gasteiger partial charge in [0, 0.05) is 39.0 Å². The standard InChI is InChI=1S/C20H22N10O/c1-12-5-9-31-19-13(11-23-28(19)2)16-21-6-4-15(24-16)25-20-22-10-14-17(26-20)30(12)27-18(14)29-7-3-8-29/h4,6,10-12H,3,5,7-9H2,1-2H3,(H,21,22,24,25,26). The van der Waals surface area contributed by atoms with Crippen molar-refractivity contribution < 1.29 is 4.74 Å². The molecule has 6 heterocycles. The highest BCUT2D eigenvalue weighted by molar-refractivity contribution is 5.88. The Morgan fingerprint density at radius 1 is 1.16 bits per heavy atom. The molecule has 0 aliphatic carbocycles. The van der Waals surface area contributed by atoms with E-state index in [0.717, 1.165) is 41.9 Å². The molecule has 158 valence electrons. The first-order chi connectivity index (χ1) is 15.2. The number of anilines is 3. The van der Waals surface area contributed by atoms with Gasteiger partial charge in [-0.3, -0.25) is 0 Å². The van der Waals surface area contributed by atoms with Crippen LogP contribution in [0.3, 0.4) is 0 Å². The van der Waals surface area contributed by atoms with Gasteiger partial charge in [-0.2, -0.15) is 15.2 Å². The molecular formula is C20H22N10O. The van der Waals surface area contributed by atoms with Crippen LogP contribution in [0.2, 0.25) is 0 Å². The van der Waals surface area contributed by atoms with Gasteiger partial charge in [0.2, 0.25) is 11.8 Å². The van der Waals surface area contributed by atoms with Crippen molar-refractivity contribution in [1.29, 1.82) is 0 Å². The molecule has 1 N–H and O–H groups in total.